The third kappa shape index (κ3) is 2.64. The molecule has 1 aromatic heterocycles. The Morgan fingerprint density at radius 1 is 1.33 bits per heavy atom. The SMILES string of the molecule is Cc1nn(C)c(C)c1CNc1cc(F)cc(Cl)c1. The number of halogens is 2. The first kappa shape index (κ1) is 12.9. The Morgan fingerprint density at radius 3 is 2.61 bits per heavy atom. The molecular formula is C13H15ClFN3. The molecule has 0 radical (unpaired) electrons. The zero-order valence-corrected chi connectivity index (χ0v) is 11.3. The van der Waals surface area contributed by atoms with Gasteiger partial charge in [-0.05, 0) is 32.0 Å². The number of hydrogen-bond acceptors (Lipinski definition) is 2. The summed E-state index contributed by atoms with van der Waals surface area (Å²) in [7, 11) is 1.91. The fourth-order valence-corrected chi connectivity index (χ4v) is 2.14. The van der Waals surface area contributed by atoms with Crippen molar-refractivity contribution in [1.82, 2.24) is 9.78 Å². The highest BCUT2D eigenvalue weighted by Gasteiger charge is 2.09. The van der Waals surface area contributed by atoms with Crippen molar-refractivity contribution in [2.24, 2.45) is 7.05 Å². The van der Waals surface area contributed by atoms with Crippen molar-refractivity contribution in [1.29, 1.82) is 0 Å². The zero-order valence-electron chi connectivity index (χ0n) is 10.6. The van der Waals surface area contributed by atoms with Crippen LogP contribution < -0.4 is 5.32 Å². The van der Waals surface area contributed by atoms with E-state index < -0.39 is 0 Å². The number of aromatic nitrogens is 2. The third-order valence-corrected chi connectivity index (χ3v) is 3.21. The van der Waals surface area contributed by atoms with Gasteiger partial charge >= 0.3 is 0 Å². The quantitative estimate of drug-likeness (QED) is 0.923. The summed E-state index contributed by atoms with van der Waals surface area (Å²) in [6.07, 6.45) is 0. The minimum absolute atomic E-state index is 0.343. The fraction of sp³-hybridized carbons (Fsp3) is 0.308. The van der Waals surface area contributed by atoms with E-state index in [1.807, 2.05) is 25.6 Å². The van der Waals surface area contributed by atoms with E-state index in [1.54, 1.807) is 6.07 Å². The average molecular weight is 268 g/mol. The molecule has 5 heteroatoms. The predicted molar refractivity (Wildman–Crippen MR) is 71.4 cm³/mol. The second-order valence-corrected chi connectivity index (χ2v) is 4.72. The van der Waals surface area contributed by atoms with Crippen LogP contribution in [0.3, 0.4) is 0 Å². The maximum Gasteiger partial charge on any atom is 0.126 e. The number of anilines is 1. The van der Waals surface area contributed by atoms with Gasteiger partial charge in [0.05, 0.1) is 5.69 Å². The largest absolute Gasteiger partial charge is 0.381 e. The van der Waals surface area contributed by atoms with Gasteiger partial charge in [-0.3, -0.25) is 4.68 Å². The van der Waals surface area contributed by atoms with Gasteiger partial charge in [-0.1, -0.05) is 11.6 Å². The lowest BCUT2D eigenvalue weighted by Gasteiger charge is -2.07. The maximum atomic E-state index is 13.2. The number of rotatable bonds is 3. The van der Waals surface area contributed by atoms with Crippen molar-refractivity contribution in [2.75, 3.05) is 5.32 Å². The monoisotopic (exact) mass is 267 g/mol. The summed E-state index contributed by atoms with van der Waals surface area (Å²) in [4.78, 5) is 0. The van der Waals surface area contributed by atoms with Crippen LogP contribution >= 0.6 is 11.6 Å². The highest BCUT2D eigenvalue weighted by molar-refractivity contribution is 6.30. The molecule has 3 nitrogen and oxygen atoms in total. The maximum absolute atomic E-state index is 13.2. The van der Waals surface area contributed by atoms with Crippen molar-refractivity contribution in [3.8, 4) is 0 Å². The third-order valence-electron chi connectivity index (χ3n) is 2.99. The summed E-state index contributed by atoms with van der Waals surface area (Å²) in [6.45, 7) is 4.57. The van der Waals surface area contributed by atoms with Crippen LogP contribution in [-0.2, 0) is 13.6 Å². The van der Waals surface area contributed by atoms with E-state index in [9.17, 15) is 4.39 Å². The second kappa shape index (κ2) is 4.98. The Labute approximate surface area is 111 Å². The van der Waals surface area contributed by atoms with Crippen LogP contribution in [-0.4, -0.2) is 9.78 Å². The summed E-state index contributed by atoms with van der Waals surface area (Å²) in [6, 6.07) is 4.41. The summed E-state index contributed by atoms with van der Waals surface area (Å²) in [5.41, 5.74) is 3.87. The van der Waals surface area contributed by atoms with Gasteiger partial charge in [-0.2, -0.15) is 5.10 Å². The first-order valence-corrected chi connectivity index (χ1v) is 6.04. The molecule has 2 rings (SSSR count). The molecule has 0 aliphatic rings. The van der Waals surface area contributed by atoms with Crippen LogP contribution in [0.5, 0.6) is 0 Å². The van der Waals surface area contributed by atoms with Crippen molar-refractivity contribution in [3.05, 3.63) is 46.0 Å². The Bertz CT molecular complexity index is 558. The molecule has 0 unspecified atom stereocenters. The Morgan fingerprint density at radius 2 is 2.06 bits per heavy atom. The lowest BCUT2D eigenvalue weighted by molar-refractivity contribution is 0.628. The van der Waals surface area contributed by atoms with Gasteiger partial charge in [0.1, 0.15) is 5.82 Å². The Hall–Kier alpha value is -1.55. The van der Waals surface area contributed by atoms with E-state index in [-0.39, 0.29) is 5.82 Å². The Balaban J connectivity index is 2.16. The smallest absolute Gasteiger partial charge is 0.126 e. The number of hydrogen-bond donors (Lipinski definition) is 1. The molecular weight excluding hydrogens is 253 g/mol. The van der Waals surface area contributed by atoms with Crippen LogP contribution in [0, 0.1) is 19.7 Å². The summed E-state index contributed by atoms with van der Waals surface area (Å²) < 4.78 is 15.0. The van der Waals surface area contributed by atoms with E-state index in [0.717, 1.165) is 17.0 Å². The fourth-order valence-electron chi connectivity index (χ4n) is 1.92. The molecule has 0 atom stereocenters. The van der Waals surface area contributed by atoms with Crippen LogP contribution in [0.15, 0.2) is 18.2 Å². The minimum Gasteiger partial charge on any atom is -0.381 e. The van der Waals surface area contributed by atoms with Gasteiger partial charge in [0.25, 0.3) is 0 Å². The molecule has 2 aromatic rings. The van der Waals surface area contributed by atoms with Crippen LogP contribution in [0.25, 0.3) is 0 Å². The molecule has 0 fully saturated rings. The van der Waals surface area contributed by atoms with E-state index >= 15 is 0 Å². The van der Waals surface area contributed by atoms with Gasteiger partial charge < -0.3 is 5.32 Å². The molecule has 0 spiro atoms. The molecule has 1 heterocycles. The van der Waals surface area contributed by atoms with E-state index in [2.05, 4.69) is 10.4 Å². The van der Waals surface area contributed by atoms with E-state index in [4.69, 9.17) is 11.6 Å². The van der Waals surface area contributed by atoms with Crippen molar-refractivity contribution in [2.45, 2.75) is 20.4 Å². The van der Waals surface area contributed by atoms with Crippen molar-refractivity contribution in [3.63, 3.8) is 0 Å². The molecule has 0 aliphatic carbocycles. The van der Waals surface area contributed by atoms with Crippen molar-refractivity contribution >= 4 is 17.3 Å². The van der Waals surface area contributed by atoms with E-state index in [1.165, 1.54) is 12.1 Å². The number of nitrogens with zero attached hydrogens (tertiary/aromatic N) is 2. The average Bonchev–Trinajstić information content (AvgIpc) is 2.50. The van der Waals surface area contributed by atoms with Gasteiger partial charge in [-0.15, -0.1) is 0 Å². The molecule has 18 heavy (non-hydrogen) atoms. The van der Waals surface area contributed by atoms with Gasteiger partial charge in [-0.25, -0.2) is 4.39 Å². The lowest BCUT2D eigenvalue weighted by Crippen LogP contribution is -2.02. The van der Waals surface area contributed by atoms with Gasteiger partial charge in [0.2, 0.25) is 0 Å². The molecule has 96 valence electrons. The summed E-state index contributed by atoms with van der Waals surface area (Å²) in [5.74, 6) is -0.343. The predicted octanol–water partition coefficient (Wildman–Crippen LogP) is 3.44. The number of nitrogens with one attached hydrogen (secondary N) is 1. The van der Waals surface area contributed by atoms with Crippen molar-refractivity contribution < 1.29 is 4.39 Å². The standard InChI is InChI=1S/C13H15ClFN3/c1-8-13(9(2)18(3)17-8)7-16-12-5-10(14)4-11(15)6-12/h4-6,16H,7H2,1-3H3. The molecule has 0 saturated carbocycles. The molecule has 0 saturated heterocycles. The molecule has 0 bridgehead atoms. The normalized spacial score (nSPS) is 10.7. The molecule has 0 amide bonds. The highest BCUT2D eigenvalue weighted by atomic mass is 35.5. The second-order valence-electron chi connectivity index (χ2n) is 4.28. The minimum atomic E-state index is -0.343. The zero-order chi connectivity index (χ0) is 13.3. The van der Waals surface area contributed by atoms with E-state index in [0.29, 0.717) is 17.3 Å². The molecule has 1 N–H and O–H groups in total. The number of benzene rings is 1. The first-order valence-electron chi connectivity index (χ1n) is 5.66. The van der Waals surface area contributed by atoms with Gasteiger partial charge in [0, 0.05) is 35.6 Å². The first-order chi connectivity index (χ1) is 8.47. The highest BCUT2D eigenvalue weighted by Crippen LogP contribution is 2.20. The summed E-state index contributed by atoms with van der Waals surface area (Å²) >= 11 is 5.80. The lowest BCUT2D eigenvalue weighted by atomic mass is 10.2. The topological polar surface area (TPSA) is 29.9 Å². The number of aryl methyl sites for hydroxylation is 2. The molecule has 0 aliphatic heterocycles. The summed E-state index contributed by atoms with van der Waals surface area (Å²) in [5, 5.41) is 7.88. The van der Waals surface area contributed by atoms with Crippen LogP contribution in [0.2, 0.25) is 5.02 Å². The van der Waals surface area contributed by atoms with Gasteiger partial charge in [0.15, 0.2) is 0 Å². The van der Waals surface area contributed by atoms with Crippen LogP contribution in [0.1, 0.15) is 17.0 Å². The molecule has 1 aromatic carbocycles. The Kier molecular flexibility index (Phi) is 3.57. The van der Waals surface area contributed by atoms with Crippen LogP contribution in [0.4, 0.5) is 10.1 Å².